The van der Waals surface area contributed by atoms with Crippen LogP contribution in [0.4, 0.5) is 5.69 Å². The topological polar surface area (TPSA) is 86.7 Å². The largest absolute Gasteiger partial charge is 0.384 e. The van der Waals surface area contributed by atoms with E-state index in [4.69, 9.17) is 4.74 Å². The van der Waals surface area contributed by atoms with Crippen molar-refractivity contribution in [3.8, 4) is 0 Å². The van der Waals surface area contributed by atoms with Crippen LogP contribution in [0.5, 0.6) is 0 Å². The van der Waals surface area contributed by atoms with E-state index < -0.39 is 16.2 Å². The van der Waals surface area contributed by atoms with Crippen LogP contribution in [-0.2, 0) is 4.74 Å². The third-order valence-corrected chi connectivity index (χ3v) is 3.32. The zero-order chi connectivity index (χ0) is 13.8. The SMILES string of the molecule is COCCSc1nc2ccccn2c(=O)c1[N+](=O)[O-]. The second-order valence-electron chi connectivity index (χ2n) is 3.60. The summed E-state index contributed by atoms with van der Waals surface area (Å²) < 4.78 is 6.05. The van der Waals surface area contributed by atoms with Crippen LogP contribution in [0.2, 0.25) is 0 Å². The third kappa shape index (κ3) is 2.74. The van der Waals surface area contributed by atoms with Gasteiger partial charge in [0.1, 0.15) is 5.65 Å². The quantitative estimate of drug-likeness (QED) is 0.270. The molecule has 0 aromatic carbocycles. The van der Waals surface area contributed by atoms with Gasteiger partial charge in [-0.05, 0) is 12.1 Å². The fourth-order valence-electron chi connectivity index (χ4n) is 1.54. The molecule has 0 amide bonds. The van der Waals surface area contributed by atoms with E-state index in [0.717, 1.165) is 11.8 Å². The van der Waals surface area contributed by atoms with Gasteiger partial charge in [-0.25, -0.2) is 4.98 Å². The van der Waals surface area contributed by atoms with Crippen molar-refractivity contribution >= 4 is 23.1 Å². The Bertz CT molecular complexity index is 671. The number of aromatic nitrogens is 2. The van der Waals surface area contributed by atoms with Crippen molar-refractivity contribution in [2.24, 2.45) is 0 Å². The van der Waals surface area contributed by atoms with E-state index in [1.54, 1.807) is 18.2 Å². The molecule has 0 radical (unpaired) electrons. The number of hydrogen-bond acceptors (Lipinski definition) is 6. The maximum absolute atomic E-state index is 12.1. The number of hydrogen-bond donors (Lipinski definition) is 0. The summed E-state index contributed by atoms with van der Waals surface area (Å²) in [6, 6.07) is 4.97. The van der Waals surface area contributed by atoms with E-state index in [1.165, 1.54) is 17.7 Å². The van der Waals surface area contributed by atoms with Crippen molar-refractivity contribution in [2.45, 2.75) is 5.03 Å². The predicted molar refractivity (Wildman–Crippen MR) is 70.7 cm³/mol. The maximum Gasteiger partial charge on any atom is 0.366 e. The van der Waals surface area contributed by atoms with Gasteiger partial charge in [0.2, 0.25) is 0 Å². The van der Waals surface area contributed by atoms with Crippen molar-refractivity contribution in [3.63, 3.8) is 0 Å². The summed E-state index contributed by atoms with van der Waals surface area (Å²) in [4.78, 5) is 26.6. The number of nitrogens with zero attached hydrogens (tertiary/aromatic N) is 3. The summed E-state index contributed by atoms with van der Waals surface area (Å²) in [5, 5.41) is 11.1. The number of ether oxygens (including phenoxy) is 1. The number of fused-ring (bicyclic) bond motifs is 1. The minimum atomic E-state index is -0.691. The van der Waals surface area contributed by atoms with Crippen LogP contribution < -0.4 is 5.56 Å². The monoisotopic (exact) mass is 281 g/mol. The summed E-state index contributed by atoms with van der Waals surface area (Å²) >= 11 is 1.14. The molecule has 0 aliphatic rings. The Hall–Kier alpha value is -1.93. The number of nitro groups is 1. The van der Waals surface area contributed by atoms with E-state index in [9.17, 15) is 14.9 Å². The van der Waals surface area contributed by atoms with Gasteiger partial charge in [0.05, 0.1) is 11.5 Å². The summed E-state index contributed by atoms with van der Waals surface area (Å²) in [5.41, 5.74) is -0.779. The fourth-order valence-corrected chi connectivity index (χ4v) is 2.44. The summed E-state index contributed by atoms with van der Waals surface area (Å²) in [6.45, 7) is 0.428. The lowest BCUT2D eigenvalue weighted by molar-refractivity contribution is -0.389. The Labute approximate surface area is 112 Å². The second-order valence-corrected chi connectivity index (χ2v) is 4.68. The molecule has 2 aromatic rings. The number of rotatable bonds is 5. The molecule has 0 saturated carbocycles. The van der Waals surface area contributed by atoms with E-state index >= 15 is 0 Å². The van der Waals surface area contributed by atoms with Crippen molar-refractivity contribution < 1.29 is 9.66 Å². The van der Waals surface area contributed by atoms with Crippen LogP contribution in [0.1, 0.15) is 0 Å². The molecule has 2 heterocycles. The van der Waals surface area contributed by atoms with Gasteiger partial charge in [-0.2, -0.15) is 0 Å². The Morgan fingerprint density at radius 3 is 3.00 bits per heavy atom. The second kappa shape index (κ2) is 5.81. The molecule has 0 N–H and O–H groups in total. The van der Waals surface area contributed by atoms with Gasteiger partial charge >= 0.3 is 11.2 Å². The first-order valence-corrected chi connectivity index (χ1v) is 6.41. The molecule has 2 rings (SSSR count). The highest BCUT2D eigenvalue weighted by Gasteiger charge is 2.23. The lowest BCUT2D eigenvalue weighted by atomic mass is 10.4. The normalized spacial score (nSPS) is 10.8. The number of pyridine rings is 1. The van der Waals surface area contributed by atoms with Gasteiger partial charge in [0, 0.05) is 19.1 Å². The molecule has 2 aromatic heterocycles. The van der Waals surface area contributed by atoms with Gasteiger partial charge in [0.15, 0.2) is 5.03 Å². The average molecular weight is 281 g/mol. The standard InChI is InChI=1S/C11H11N3O4S/c1-18-6-7-19-10-9(14(16)17)11(15)13-5-3-2-4-8(13)12-10/h2-5H,6-7H2,1H3. The van der Waals surface area contributed by atoms with Crippen molar-refractivity contribution in [2.75, 3.05) is 19.5 Å². The van der Waals surface area contributed by atoms with Crippen molar-refractivity contribution in [3.05, 3.63) is 44.9 Å². The average Bonchev–Trinajstić information content (AvgIpc) is 2.39. The molecule has 0 saturated heterocycles. The third-order valence-electron chi connectivity index (χ3n) is 2.39. The van der Waals surface area contributed by atoms with E-state index in [2.05, 4.69) is 4.98 Å². The van der Waals surface area contributed by atoms with Crippen molar-refractivity contribution in [1.82, 2.24) is 9.38 Å². The van der Waals surface area contributed by atoms with Crippen LogP contribution in [-0.4, -0.2) is 33.8 Å². The summed E-state index contributed by atoms with van der Waals surface area (Å²) in [6.07, 6.45) is 1.46. The number of thioether (sulfide) groups is 1. The zero-order valence-electron chi connectivity index (χ0n) is 10.1. The van der Waals surface area contributed by atoms with E-state index in [0.29, 0.717) is 18.0 Å². The Morgan fingerprint density at radius 1 is 1.53 bits per heavy atom. The lowest BCUT2D eigenvalue weighted by Gasteiger charge is -2.04. The molecule has 100 valence electrons. The van der Waals surface area contributed by atoms with Crippen LogP contribution in [0.15, 0.2) is 34.2 Å². The molecule has 7 nitrogen and oxygen atoms in total. The Kier molecular flexibility index (Phi) is 4.13. The summed E-state index contributed by atoms with van der Waals surface area (Å²) in [7, 11) is 1.54. The fraction of sp³-hybridized carbons (Fsp3) is 0.273. The lowest BCUT2D eigenvalue weighted by Crippen LogP contribution is -2.19. The molecular weight excluding hydrogens is 270 g/mol. The molecule has 0 fully saturated rings. The predicted octanol–water partition coefficient (Wildman–Crippen LogP) is 1.34. The van der Waals surface area contributed by atoms with Crippen LogP contribution in [0, 0.1) is 10.1 Å². The summed E-state index contributed by atoms with van der Waals surface area (Å²) in [5.74, 6) is 0.493. The first-order valence-electron chi connectivity index (χ1n) is 5.42. The van der Waals surface area contributed by atoms with Gasteiger partial charge in [-0.1, -0.05) is 17.8 Å². The highest BCUT2D eigenvalue weighted by atomic mass is 32.2. The molecule has 0 atom stereocenters. The molecule has 0 unspecified atom stereocenters. The van der Waals surface area contributed by atoms with E-state index in [-0.39, 0.29) is 5.03 Å². The van der Waals surface area contributed by atoms with E-state index in [1.807, 2.05) is 0 Å². The molecule has 0 aliphatic carbocycles. The zero-order valence-corrected chi connectivity index (χ0v) is 10.9. The maximum atomic E-state index is 12.1. The Morgan fingerprint density at radius 2 is 2.32 bits per heavy atom. The molecule has 8 heteroatoms. The van der Waals surface area contributed by atoms with Gasteiger partial charge in [-0.15, -0.1) is 0 Å². The minimum absolute atomic E-state index is 0.123. The first-order chi connectivity index (χ1) is 9.15. The van der Waals surface area contributed by atoms with Gasteiger partial charge in [0.25, 0.3) is 0 Å². The highest BCUT2D eigenvalue weighted by molar-refractivity contribution is 7.99. The minimum Gasteiger partial charge on any atom is -0.384 e. The molecule has 0 spiro atoms. The molecule has 0 bridgehead atoms. The van der Waals surface area contributed by atoms with Crippen molar-refractivity contribution in [1.29, 1.82) is 0 Å². The van der Waals surface area contributed by atoms with Crippen LogP contribution in [0.25, 0.3) is 5.65 Å². The van der Waals surface area contributed by atoms with Gasteiger partial charge in [-0.3, -0.25) is 19.3 Å². The smallest absolute Gasteiger partial charge is 0.366 e. The first kappa shape index (κ1) is 13.5. The van der Waals surface area contributed by atoms with Crippen LogP contribution in [0.3, 0.4) is 0 Å². The van der Waals surface area contributed by atoms with Crippen LogP contribution >= 0.6 is 11.8 Å². The molecular formula is C11H11N3O4S. The number of methoxy groups -OCH3 is 1. The highest BCUT2D eigenvalue weighted by Crippen LogP contribution is 2.24. The van der Waals surface area contributed by atoms with Gasteiger partial charge < -0.3 is 4.74 Å². The molecule has 0 aliphatic heterocycles. The Balaban J connectivity index is 2.57. The molecule has 19 heavy (non-hydrogen) atoms.